The maximum Gasteiger partial charge on any atom is 0.253 e. The van der Waals surface area contributed by atoms with Crippen molar-refractivity contribution in [3.63, 3.8) is 0 Å². The summed E-state index contributed by atoms with van der Waals surface area (Å²) in [6.45, 7) is 5.00. The first-order valence-corrected chi connectivity index (χ1v) is 4.55. The molecule has 0 fully saturated rings. The maximum atomic E-state index is 11.4. The number of hydrogen-bond acceptors (Lipinski definition) is 3. The molecule has 1 atom stereocenters. The Bertz CT molecular complexity index is 216. The number of carbonyl (C=O) groups is 2. The number of carbonyl (C=O) groups excluding carboxylic acids is 2. The molecule has 0 rings (SSSR count). The highest BCUT2D eigenvalue weighted by Gasteiger charge is 2.20. The zero-order valence-corrected chi connectivity index (χ0v) is 9.07. The third-order valence-electron chi connectivity index (χ3n) is 1.95. The number of aliphatic hydroxyl groups excluding tert-OH is 1. The normalized spacial score (nSPS) is 12.4. The molecule has 2 amide bonds. The van der Waals surface area contributed by atoms with E-state index in [1.54, 1.807) is 7.05 Å². The molecule has 14 heavy (non-hydrogen) atoms. The predicted octanol–water partition coefficient (Wildman–Crippen LogP) is -0.650. The van der Waals surface area contributed by atoms with E-state index < -0.39 is 6.10 Å². The first-order valence-electron chi connectivity index (χ1n) is 4.55. The third kappa shape index (κ3) is 4.23. The Balaban J connectivity index is 4.05. The largest absolute Gasteiger partial charge is 0.381 e. The summed E-state index contributed by atoms with van der Waals surface area (Å²) in [5, 5.41) is 11.8. The minimum Gasteiger partial charge on any atom is -0.381 e. The lowest BCUT2D eigenvalue weighted by molar-refractivity contribution is -0.140. The minimum absolute atomic E-state index is 0.0365. The van der Waals surface area contributed by atoms with Gasteiger partial charge < -0.3 is 15.3 Å². The van der Waals surface area contributed by atoms with Crippen LogP contribution in [0.4, 0.5) is 0 Å². The summed E-state index contributed by atoms with van der Waals surface area (Å²) < 4.78 is 0. The smallest absolute Gasteiger partial charge is 0.253 e. The number of rotatable bonds is 4. The van der Waals surface area contributed by atoms with Crippen molar-refractivity contribution >= 4 is 11.8 Å². The van der Waals surface area contributed by atoms with Crippen LogP contribution in [0.5, 0.6) is 0 Å². The van der Waals surface area contributed by atoms with Crippen LogP contribution >= 0.6 is 0 Å². The molecule has 0 heterocycles. The van der Waals surface area contributed by atoms with Crippen LogP contribution in [0.1, 0.15) is 20.8 Å². The van der Waals surface area contributed by atoms with E-state index in [0.29, 0.717) is 0 Å². The van der Waals surface area contributed by atoms with Crippen LogP contribution in [0.2, 0.25) is 0 Å². The van der Waals surface area contributed by atoms with E-state index in [9.17, 15) is 14.7 Å². The highest BCUT2D eigenvalue weighted by Crippen LogP contribution is 1.97. The van der Waals surface area contributed by atoms with Gasteiger partial charge in [-0.2, -0.15) is 0 Å². The molecule has 82 valence electrons. The van der Waals surface area contributed by atoms with E-state index in [-0.39, 0.29) is 24.4 Å². The lowest BCUT2D eigenvalue weighted by atomic mass is 10.2. The van der Waals surface area contributed by atoms with Crippen LogP contribution in [0.15, 0.2) is 0 Å². The second-order valence-corrected chi connectivity index (χ2v) is 3.50. The van der Waals surface area contributed by atoms with Gasteiger partial charge in [0, 0.05) is 20.0 Å². The molecular weight excluding hydrogens is 184 g/mol. The lowest BCUT2D eigenvalue weighted by Gasteiger charge is -2.24. The highest BCUT2D eigenvalue weighted by atomic mass is 16.3. The molecule has 5 heteroatoms. The second-order valence-electron chi connectivity index (χ2n) is 3.50. The van der Waals surface area contributed by atoms with Crippen LogP contribution in [-0.4, -0.2) is 47.6 Å². The molecule has 1 unspecified atom stereocenters. The zero-order chi connectivity index (χ0) is 11.3. The van der Waals surface area contributed by atoms with Gasteiger partial charge >= 0.3 is 0 Å². The predicted molar refractivity (Wildman–Crippen MR) is 52.6 cm³/mol. The summed E-state index contributed by atoms with van der Waals surface area (Å²) in [4.78, 5) is 23.4. The number of likely N-dealkylation sites (N-methyl/N-ethyl adjacent to an activating group) is 1. The Labute approximate surface area is 84.1 Å². The molecular formula is C9H18N2O3. The van der Waals surface area contributed by atoms with Crippen molar-refractivity contribution in [1.82, 2.24) is 10.2 Å². The highest BCUT2D eigenvalue weighted by molar-refractivity contribution is 5.82. The number of nitrogens with zero attached hydrogens (tertiary/aromatic N) is 1. The van der Waals surface area contributed by atoms with Gasteiger partial charge in [0.2, 0.25) is 5.91 Å². The van der Waals surface area contributed by atoms with E-state index in [1.165, 1.54) is 11.8 Å². The topological polar surface area (TPSA) is 69.6 Å². The van der Waals surface area contributed by atoms with Crippen molar-refractivity contribution in [2.75, 3.05) is 13.6 Å². The summed E-state index contributed by atoms with van der Waals surface area (Å²) in [6, 6.07) is 0.0366. The molecule has 0 bridgehead atoms. The molecule has 0 aromatic heterocycles. The van der Waals surface area contributed by atoms with Crippen LogP contribution in [0, 0.1) is 0 Å². The van der Waals surface area contributed by atoms with Gasteiger partial charge in [-0.05, 0) is 13.8 Å². The van der Waals surface area contributed by atoms with Crippen LogP contribution < -0.4 is 5.32 Å². The van der Waals surface area contributed by atoms with Crippen molar-refractivity contribution < 1.29 is 14.7 Å². The lowest BCUT2D eigenvalue weighted by Crippen LogP contribution is -2.45. The van der Waals surface area contributed by atoms with Gasteiger partial charge in [0.25, 0.3) is 5.91 Å². The Morgan fingerprint density at radius 2 is 1.93 bits per heavy atom. The van der Waals surface area contributed by atoms with Crippen LogP contribution in [-0.2, 0) is 9.59 Å². The Morgan fingerprint density at radius 3 is 2.29 bits per heavy atom. The van der Waals surface area contributed by atoms with Crippen LogP contribution in [0.25, 0.3) is 0 Å². The summed E-state index contributed by atoms with van der Waals surface area (Å²) in [5.74, 6) is -0.641. The van der Waals surface area contributed by atoms with Crippen molar-refractivity contribution in [2.24, 2.45) is 0 Å². The first kappa shape index (κ1) is 12.9. The minimum atomic E-state index is -1.16. The molecule has 0 aromatic rings. The zero-order valence-electron chi connectivity index (χ0n) is 9.07. The number of aliphatic hydroxyl groups is 1. The van der Waals surface area contributed by atoms with E-state index >= 15 is 0 Å². The fraction of sp³-hybridized carbons (Fsp3) is 0.778. The van der Waals surface area contributed by atoms with E-state index in [0.717, 1.165) is 0 Å². The monoisotopic (exact) mass is 202 g/mol. The Kier molecular flexibility index (Phi) is 5.15. The van der Waals surface area contributed by atoms with E-state index in [4.69, 9.17) is 0 Å². The van der Waals surface area contributed by atoms with Crippen molar-refractivity contribution in [3.8, 4) is 0 Å². The Hall–Kier alpha value is -1.10. The van der Waals surface area contributed by atoms with Crippen LogP contribution in [0.3, 0.4) is 0 Å². The average molecular weight is 202 g/mol. The standard InChI is InChI=1S/C9H18N2O3/c1-6(2)11(4)9(14)8(13)5-10-7(3)12/h6,8,13H,5H2,1-4H3,(H,10,12). The first-order chi connectivity index (χ1) is 6.36. The molecule has 0 spiro atoms. The van der Waals surface area contributed by atoms with Gasteiger partial charge in [-0.3, -0.25) is 9.59 Å². The third-order valence-corrected chi connectivity index (χ3v) is 1.95. The summed E-state index contributed by atoms with van der Waals surface area (Å²) >= 11 is 0. The molecule has 5 nitrogen and oxygen atoms in total. The summed E-state index contributed by atoms with van der Waals surface area (Å²) in [5.41, 5.74) is 0. The number of hydrogen-bond donors (Lipinski definition) is 2. The van der Waals surface area contributed by atoms with E-state index in [1.807, 2.05) is 13.8 Å². The molecule has 0 aromatic carbocycles. The van der Waals surface area contributed by atoms with Gasteiger partial charge in [-0.25, -0.2) is 0 Å². The van der Waals surface area contributed by atoms with E-state index in [2.05, 4.69) is 5.32 Å². The van der Waals surface area contributed by atoms with Gasteiger partial charge in [-0.1, -0.05) is 0 Å². The van der Waals surface area contributed by atoms with Gasteiger partial charge in [0.15, 0.2) is 0 Å². The molecule has 2 N–H and O–H groups in total. The molecule has 0 saturated carbocycles. The molecule has 0 aliphatic heterocycles. The quantitative estimate of drug-likeness (QED) is 0.636. The Morgan fingerprint density at radius 1 is 1.43 bits per heavy atom. The summed E-state index contributed by atoms with van der Waals surface area (Å²) in [7, 11) is 1.62. The maximum absolute atomic E-state index is 11.4. The molecule has 0 aliphatic rings. The molecule has 0 radical (unpaired) electrons. The van der Waals surface area contributed by atoms with Crippen molar-refractivity contribution in [2.45, 2.75) is 32.9 Å². The fourth-order valence-corrected chi connectivity index (χ4v) is 0.817. The van der Waals surface area contributed by atoms with Gasteiger partial charge in [0.1, 0.15) is 6.10 Å². The number of nitrogens with one attached hydrogen (secondary N) is 1. The SMILES string of the molecule is CC(=O)NCC(O)C(=O)N(C)C(C)C. The molecule has 0 saturated heterocycles. The van der Waals surface area contributed by atoms with Crippen molar-refractivity contribution in [3.05, 3.63) is 0 Å². The summed E-state index contributed by atoms with van der Waals surface area (Å²) in [6.07, 6.45) is -1.16. The van der Waals surface area contributed by atoms with Gasteiger partial charge in [-0.15, -0.1) is 0 Å². The van der Waals surface area contributed by atoms with Crippen molar-refractivity contribution in [1.29, 1.82) is 0 Å². The van der Waals surface area contributed by atoms with Gasteiger partial charge in [0.05, 0.1) is 6.54 Å². The molecule has 0 aliphatic carbocycles. The number of amides is 2. The second kappa shape index (κ2) is 5.59. The fourth-order valence-electron chi connectivity index (χ4n) is 0.817. The average Bonchev–Trinajstić information content (AvgIpc) is 2.11.